The van der Waals surface area contributed by atoms with Crippen LogP contribution in [0.5, 0.6) is 6.01 Å². The number of aromatic nitrogens is 2. The van der Waals surface area contributed by atoms with Gasteiger partial charge in [-0.05, 0) is 61.6 Å². The van der Waals surface area contributed by atoms with Crippen molar-refractivity contribution in [1.82, 2.24) is 9.97 Å². The lowest BCUT2D eigenvalue weighted by Gasteiger charge is -2.14. The van der Waals surface area contributed by atoms with Crippen molar-refractivity contribution in [3.05, 3.63) is 52.3 Å². The number of nitrogens with two attached hydrogens (primary N) is 1. The second-order valence-corrected chi connectivity index (χ2v) is 7.39. The first kappa shape index (κ1) is 17.0. The molecule has 2 aliphatic rings. The maximum absolute atomic E-state index is 11.0. The number of carbonyl (C=O) groups is 1. The van der Waals surface area contributed by atoms with Crippen molar-refractivity contribution in [3.8, 4) is 6.01 Å². The maximum Gasteiger partial charge on any atom is 0.317 e. The molecule has 1 saturated carbocycles. The predicted octanol–water partition coefficient (Wildman–Crippen LogP) is 2.91. The van der Waals surface area contributed by atoms with E-state index in [2.05, 4.69) is 17.1 Å². The van der Waals surface area contributed by atoms with Crippen LogP contribution >= 0.6 is 0 Å². The van der Waals surface area contributed by atoms with E-state index in [-0.39, 0.29) is 18.4 Å². The lowest BCUT2D eigenvalue weighted by Crippen LogP contribution is -2.15. The first-order chi connectivity index (χ1) is 12.7. The van der Waals surface area contributed by atoms with Crippen LogP contribution in [0.1, 0.15) is 60.2 Å². The fourth-order valence-corrected chi connectivity index (χ4v) is 4.01. The zero-order valence-electron chi connectivity index (χ0n) is 15.0. The van der Waals surface area contributed by atoms with Gasteiger partial charge in [-0.2, -0.15) is 9.97 Å². The number of fused-ring (bicyclic) bond motifs is 1. The van der Waals surface area contributed by atoms with Crippen molar-refractivity contribution in [2.24, 2.45) is 5.73 Å². The summed E-state index contributed by atoms with van der Waals surface area (Å²) < 4.78 is 6.07. The molecule has 1 aromatic carbocycles. The summed E-state index contributed by atoms with van der Waals surface area (Å²) in [6.07, 6.45) is 9.22. The minimum Gasteiger partial charge on any atom is -0.460 e. The van der Waals surface area contributed by atoms with Crippen LogP contribution in [0.25, 0.3) is 0 Å². The van der Waals surface area contributed by atoms with E-state index in [1.807, 2.05) is 12.1 Å². The summed E-state index contributed by atoms with van der Waals surface area (Å²) >= 11 is 0. The molecule has 2 aliphatic carbocycles. The number of hydrogen-bond donors (Lipinski definition) is 1. The number of aryl methyl sites for hydroxylation is 1. The molecule has 4 rings (SSSR count). The Morgan fingerprint density at radius 1 is 1.04 bits per heavy atom. The summed E-state index contributed by atoms with van der Waals surface area (Å²) in [6, 6.07) is 8.60. The van der Waals surface area contributed by atoms with Crippen LogP contribution in [-0.4, -0.2) is 22.0 Å². The second-order valence-electron chi connectivity index (χ2n) is 7.39. The third kappa shape index (κ3) is 3.87. The number of hydrogen-bond acceptors (Lipinski definition) is 4. The van der Waals surface area contributed by atoms with Gasteiger partial charge in [-0.15, -0.1) is 0 Å². The number of nitrogens with zero attached hydrogens (tertiary/aromatic N) is 2. The minimum absolute atomic E-state index is 0.274. The van der Waals surface area contributed by atoms with E-state index in [1.54, 1.807) is 0 Å². The van der Waals surface area contributed by atoms with Gasteiger partial charge in [-0.3, -0.25) is 4.79 Å². The van der Waals surface area contributed by atoms with Crippen molar-refractivity contribution in [1.29, 1.82) is 0 Å². The second kappa shape index (κ2) is 7.44. The van der Waals surface area contributed by atoms with Gasteiger partial charge in [0.25, 0.3) is 0 Å². The predicted molar refractivity (Wildman–Crippen MR) is 99.1 cm³/mol. The van der Waals surface area contributed by atoms with E-state index in [9.17, 15) is 4.79 Å². The van der Waals surface area contributed by atoms with Crippen molar-refractivity contribution in [2.45, 2.75) is 63.9 Å². The van der Waals surface area contributed by atoms with Crippen LogP contribution in [0.4, 0.5) is 0 Å². The molecule has 2 N–H and O–H groups in total. The molecule has 0 bridgehead atoms. The SMILES string of the molecule is NC(=O)Cc1ccc(Cc2nc(OC3CCCC3)nc3c2CCC3)cc1. The van der Waals surface area contributed by atoms with E-state index in [1.165, 1.54) is 24.0 Å². The Morgan fingerprint density at radius 3 is 2.50 bits per heavy atom. The monoisotopic (exact) mass is 351 g/mol. The smallest absolute Gasteiger partial charge is 0.317 e. The van der Waals surface area contributed by atoms with Gasteiger partial charge in [0.1, 0.15) is 6.10 Å². The largest absolute Gasteiger partial charge is 0.460 e. The molecule has 26 heavy (non-hydrogen) atoms. The standard InChI is InChI=1S/C21H25N3O2/c22-20(25)13-15-10-8-14(9-11-15)12-19-17-6-3-7-18(17)23-21(24-19)26-16-4-1-2-5-16/h8-11,16H,1-7,12-13H2,(H2,22,25). The highest BCUT2D eigenvalue weighted by Gasteiger charge is 2.23. The maximum atomic E-state index is 11.0. The quantitative estimate of drug-likeness (QED) is 0.868. The van der Waals surface area contributed by atoms with Crippen LogP contribution in [0.2, 0.25) is 0 Å². The molecular weight excluding hydrogens is 326 g/mol. The number of rotatable bonds is 6. The van der Waals surface area contributed by atoms with Crippen molar-refractivity contribution in [2.75, 3.05) is 0 Å². The van der Waals surface area contributed by atoms with Gasteiger partial charge in [0.05, 0.1) is 17.8 Å². The van der Waals surface area contributed by atoms with Crippen LogP contribution in [0, 0.1) is 0 Å². The third-order valence-corrected chi connectivity index (χ3v) is 5.35. The average molecular weight is 351 g/mol. The number of primary amides is 1. The Labute approximate surface area is 154 Å². The molecular formula is C21H25N3O2. The minimum atomic E-state index is -0.305. The molecule has 136 valence electrons. The van der Waals surface area contributed by atoms with Gasteiger partial charge in [-0.25, -0.2) is 0 Å². The normalized spacial score (nSPS) is 16.6. The first-order valence-corrected chi connectivity index (χ1v) is 9.59. The summed E-state index contributed by atoms with van der Waals surface area (Å²) in [7, 11) is 0. The summed E-state index contributed by atoms with van der Waals surface area (Å²) in [5.41, 5.74) is 10.9. The molecule has 0 radical (unpaired) electrons. The van der Waals surface area contributed by atoms with Crippen LogP contribution in [-0.2, 0) is 30.5 Å². The van der Waals surface area contributed by atoms with Gasteiger partial charge in [0.2, 0.25) is 5.91 Å². The number of ether oxygens (including phenoxy) is 1. The summed E-state index contributed by atoms with van der Waals surface area (Å²) in [5, 5.41) is 0. The zero-order chi connectivity index (χ0) is 17.9. The van der Waals surface area contributed by atoms with Crippen molar-refractivity contribution >= 4 is 5.91 Å². The third-order valence-electron chi connectivity index (χ3n) is 5.35. The molecule has 0 saturated heterocycles. The van der Waals surface area contributed by atoms with Crippen LogP contribution in [0.3, 0.4) is 0 Å². The average Bonchev–Trinajstić information content (AvgIpc) is 3.28. The van der Waals surface area contributed by atoms with E-state index < -0.39 is 0 Å². The Bertz CT molecular complexity index is 796. The molecule has 0 atom stereocenters. The van der Waals surface area contributed by atoms with Crippen molar-refractivity contribution in [3.63, 3.8) is 0 Å². The number of amides is 1. The molecule has 0 aliphatic heterocycles. The molecule has 5 heteroatoms. The van der Waals surface area contributed by atoms with Gasteiger partial charge >= 0.3 is 6.01 Å². The Kier molecular flexibility index (Phi) is 4.87. The van der Waals surface area contributed by atoms with Gasteiger partial charge in [0.15, 0.2) is 0 Å². The highest BCUT2D eigenvalue weighted by atomic mass is 16.5. The molecule has 1 heterocycles. The zero-order valence-corrected chi connectivity index (χ0v) is 15.0. The van der Waals surface area contributed by atoms with E-state index in [0.29, 0.717) is 6.01 Å². The van der Waals surface area contributed by atoms with Gasteiger partial charge in [0, 0.05) is 6.42 Å². The lowest BCUT2D eigenvalue weighted by atomic mass is 10.0. The molecule has 1 aromatic heterocycles. The Balaban J connectivity index is 1.54. The topological polar surface area (TPSA) is 78.1 Å². The first-order valence-electron chi connectivity index (χ1n) is 9.59. The lowest BCUT2D eigenvalue weighted by molar-refractivity contribution is -0.117. The molecule has 5 nitrogen and oxygen atoms in total. The fraction of sp³-hybridized carbons (Fsp3) is 0.476. The summed E-state index contributed by atoms with van der Waals surface area (Å²) in [6.45, 7) is 0. The van der Waals surface area contributed by atoms with E-state index >= 15 is 0 Å². The molecule has 1 amide bonds. The number of benzene rings is 1. The number of carbonyl (C=O) groups excluding carboxylic acids is 1. The highest BCUT2D eigenvalue weighted by Crippen LogP contribution is 2.28. The van der Waals surface area contributed by atoms with E-state index in [0.717, 1.165) is 55.5 Å². The Hall–Kier alpha value is -2.43. The molecule has 0 unspecified atom stereocenters. The fourth-order valence-electron chi connectivity index (χ4n) is 4.01. The van der Waals surface area contributed by atoms with Crippen LogP contribution in [0.15, 0.2) is 24.3 Å². The summed E-state index contributed by atoms with van der Waals surface area (Å²) in [4.78, 5) is 20.5. The van der Waals surface area contributed by atoms with Crippen molar-refractivity contribution < 1.29 is 9.53 Å². The van der Waals surface area contributed by atoms with E-state index in [4.69, 9.17) is 15.5 Å². The Morgan fingerprint density at radius 2 is 1.77 bits per heavy atom. The van der Waals surface area contributed by atoms with Crippen LogP contribution < -0.4 is 10.5 Å². The molecule has 0 spiro atoms. The van der Waals surface area contributed by atoms with Gasteiger partial charge < -0.3 is 10.5 Å². The highest BCUT2D eigenvalue weighted by molar-refractivity contribution is 5.76. The molecule has 2 aromatic rings. The molecule has 1 fully saturated rings. The summed E-state index contributed by atoms with van der Waals surface area (Å²) in [5.74, 6) is -0.305. The van der Waals surface area contributed by atoms with Gasteiger partial charge in [-0.1, -0.05) is 24.3 Å².